The lowest BCUT2D eigenvalue weighted by atomic mass is 10.1. The molecule has 0 radical (unpaired) electrons. The van der Waals surface area contributed by atoms with E-state index in [1.807, 2.05) is 0 Å². The monoisotopic (exact) mass is 390 g/mol. The van der Waals surface area contributed by atoms with Gasteiger partial charge in [-0.15, -0.1) is 0 Å². The van der Waals surface area contributed by atoms with Crippen LogP contribution in [0.3, 0.4) is 0 Å². The van der Waals surface area contributed by atoms with Gasteiger partial charge in [-0.25, -0.2) is 8.42 Å². The molecule has 0 aliphatic carbocycles. The molecule has 2 N–H and O–H groups in total. The third-order valence-electron chi connectivity index (χ3n) is 3.89. The number of benzene rings is 2. The Morgan fingerprint density at radius 1 is 1.04 bits per heavy atom. The van der Waals surface area contributed by atoms with Crippen LogP contribution in [-0.4, -0.2) is 42.9 Å². The standard InChI is InChI=1S/C19H22N2O5S/c1-14(2)21(13-12-18(22)23)19(24)15-8-10-17(11-9-15)27(25,26)20-16-6-4-3-5-7-16/h3-11,14,20H,12-13H2,1-2H3,(H,22,23). The first-order valence-electron chi connectivity index (χ1n) is 8.41. The summed E-state index contributed by atoms with van der Waals surface area (Å²) in [5.74, 6) is -1.33. The van der Waals surface area contributed by atoms with Gasteiger partial charge in [0.2, 0.25) is 0 Å². The molecule has 2 aromatic carbocycles. The summed E-state index contributed by atoms with van der Waals surface area (Å²) in [4.78, 5) is 24.9. The zero-order chi connectivity index (χ0) is 20.0. The fraction of sp³-hybridized carbons (Fsp3) is 0.263. The number of aliphatic carboxylic acids is 1. The van der Waals surface area contributed by atoms with Crippen molar-refractivity contribution in [3.8, 4) is 0 Å². The van der Waals surface area contributed by atoms with Crippen molar-refractivity contribution in [2.75, 3.05) is 11.3 Å². The molecule has 0 aliphatic rings. The van der Waals surface area contributed by atoms with E-state index in [4.69, 9.17) is 5.11 Å². The first-order valence-corrected chi connectivity index (χ1v) is 9.89. The molecule has 2 rings (SSSR count). The number of hydrogen-bond acceptors (Lipinski definition) is 4. The number of sulfonamides is 1. The molecule has 2 aromatic rings. The van der Waals surface area contributed by atoms with Crippen molar-refractivity contribution in [2.24, 2.45) is 0 Å². The van der Waals surface area contributed by atoms with Gasteiger partial charge in [-0.05, 0) is 50.2 Å². The summed E-state index contributed by atoms with van der Waals surface area (Å²) >= 11 is 0. The Kier molecular flexibility index (Phi) is 6.57. The Bertz CT molecular complexity index is 893. The van der Waals surface area contributed by atoms with Gasteiger partial charge in [0.1, 0.15) is 0 Å². The van der Waals surface area contributed by atoms with Crippen LogP contribution in [0.4, 0.5) is 5.69 Å². The number of carbonyl (C=O) groups excluding carboxylic acids is 1. The molecule has 0 spiro atoms. The lowest BCUT2D eigenvalue weighted by Gasteiger charge is -2.26. The number of carboxylic acid groups (broad SMARTS) is 1. The van der Waals surface area contributed by atoms with Gasteiger partial charge in [0, 0.05) is 23.8 Å². The van der Waals surface area contributed by atoms with Crippen LogP contribution in [0.1, 0.15) is 30.6 Å². The summed E-state index contributed by atoms with van der Waals surface area (Å²) in [5.41, 5.74) is 0.741. The number of nitrogens with zero attached hydrogens (tertiary/aromatic N) is 1. The summed E-state index contributed by atoms with van der Waals surface area (Å²) in [7, 11) is -3.77. The zero-order valence-corrected chi connectivity index (χ0v) is 15.9. The van der Waals surface area contributed by atoms with Gasteiger partial charge in [0.15, 0.2) is 0 Å². The summed E-state index contributed by atoms with van der Waals surface area (Å²) < 4.78 is 27.3. The van der Waals surface area contributed by atoms with Gasteiger partial charge in [-0.1, -0.05) is 18.2 Å². The van der Waals surface area contributed by atoms with Crippen molar-refractivity contribution in [1.29, 1.82) is 0 Å². The molecule has 0 saturated heterocycles. The first-order chi connectivity index (χ1) is 12.7. The van der Waals surface area contributed by atoms with E-state index in [2.05, 4.69) is 4.72 Å². The highest BCUT2D eigenvalue weighted by molar-refractivity contribution is 7.92. The molecule has 7 nitrogen and oxygen atoms in total. The Hall–Kier alpha value is -2.87. The van der Waals surface area contributed by atoms with E-state index in [-0.39, 0.29) is 29.8 Å². The van der Waals surface area contributed by atoms with E-state index < -0.39 is 16.0 Å². The van der Waals surface area contributed by atoms with Crippen molar-refractivity contribution in [1.82, 2.24) is 4.90 Å². The zero-order valence-electron chi connectivity index (χ0n) is 15.1. The molecule has 144 valence electrons. The normalized spacial score (nSPS) is 11.2. The number of carbonyl (C=O) groups is 2. The molecule has 0 bridgehead atoms. The van der Waals surface area contributed by atoms with Gasteiger partial charge in [0.25, 0.3) is 15.9 Å². The first kappa shape index (κ1) is 20.4. The van der Waals surface area contributed by atoms with Crippen LogP contribution in [0.5, 0.6) is 0 Å². The molecule has 0 heterocycles. The fourth-order valence-corrected chi connectivity index (χ4v) is 3.53. The smallest absolute Gasteiger partial charge is 0.305 e. The number of carboxylic acids is 1. The summed E-state index contributed by atoms with van der Waals surface area (Å²) in [6.07, 6.45) is -0.155. The Morgan fingerprint density at radius 2 is 1.63 bits per heavy atom. The van der Waals surface area contributed by atoms with E-state index in [1.165, 1.54) is 29.2 Å². The Labute approximate surface area is 158 Å². The molecule has 0 aromatic heterocycles. The van der Waals surface area contributed by atoms with Gasteiger partial charge in [-0.2, -0.15) is 0 Å². The SMILES string of the molecule is CC(C)N(CCC(=O)O)C(=O)c1ccc(S(=O)(=O)Nc2ccccc2)cc1. The number of hydrogen-bond donors (Lipinski definition) is 2. The number of nitrogens with one attached hydrogen (secondary N) is 1. The second-order valence-electron chi connectivity index (χ2n) is 6.23. The van der Waals surface area contributed by atoms with E-state index in [1.54, 1.807) is 44.2 Å². The van der Waals surface area contributed by atoms with Crippen LogP contribution in [0.15, 0.2) is 59.5 Å². The maximum Gasteiger partial charge on any atom is 0.305 e. The average molecular weight is 390 g/mol. The Balaban J connectivity index is 2.17. The molecule has 1 amide bonds. The summed E-state index contributed by atoms with van der Waals surface area (Å²) in [5, 5.41) is 8.83. The molecule has 0 fully saturated rings. The molecule has 0 aliphatic heterocycles. The number of anilines is 1. The maximum atomic E-state index is 12.6. The topological polar surface area (TPSA) is 104 Å². The second-order valence-corrected chi connectivity index (χ2v) is 7.91. The molecular weight excluding hydrogens is 368 g/mol. The highest BCUT2D eigenvalue weighted by atomic mass is 32.2. The predicted molar refractivity (Wildman–Crippen MR) is 102 cm³/mol. The van der Waals surface area contributed by atoms with Crippen LogP contribution in [-0.2, 0) is 14.8 Å². The van der Waals surface area contributed by atoms with Gasteiger partial charge < -0.3 is 10.0 Å². The summed E-state index contributed by atoms with van der Waals surface area (Å²) in [6, 6.07) is 13.9. The van der Waals surface area contributed by atoms with Crippen molar-refractivity contribution in [3.63, 3.8) is 0 Å². The predicted octanol–water partition coefficient (Wildman–Crippen LogP) is 2.81. The summed E-state index contributed by atoms with van der Waals surface area (Å²) in [6.45, 7) is 3.67. The Morgan fingerprint density at radius 3 is 2.15 bits per heavy atom. The van der Waals surface area contributed by atoms with E-state index in [0.717, 1.165) is 0 Å². The van der Waals surface area contributed by atoms with E-state index in [0.29, 0.717) is 11.3 Å². The minimum absolute atomic E-state index is 0.0320. The molecule has 0 atom stereocenters. The highest BCUT2D eigenvalue weighted by Gasteiger charge is 2.21. The van der Waals surface area contributed by atoms with Crippen LogP contribution < -0.4 is 4.72 Å². The fourth-order valence-electron chi connectivity index (χ4n) is 2.47. The average Bonchev–Trinajstić information content (AvgIpc) is 2.61. The molecule has 8 heteroatoms. The molecule has 0 saturated carbocycles. The number of rotatable bonds is 8. The highest BCUT2D eigenvalue weighted by Crippen LogP contribution is 2.17. The van der Waals surface area contributed by atoms with Gasteiger partial charge in [-0.3, -0.25) is 14.3 Å². The van der Waals surface area contributed by atoms with Crippen LogP contribution in [0, 0.1) is 0 Å². The second kappa shape index (κ2) is 8.68. The molecular formula is C19H22N2O5S. The van der Waals surface area contributed by atoms with Crippen LogP contribution in [0.25, 0.3) is 0 Å². The van der Waals surface area contributed by atoms with Gasteiger partial charge in [0.05, 0.1) is 11.3 Å². The van der Waals surface area contributed by atoms with Crippen molar-refractivity contribution in [2.45, 2.75) is 31.2 Å². The lowest BCUT2D eigenvalue weighted by Crippen LogP contribution is -2.38. The minimum atomic E-state index is -3.77. The number of para-hydroxylation sites is 1. The number of amides is 1. The van der Waals surface area contributed by atoms with Crippen molar-refractivity contribution in [3.05, 3.63) is 60.2 Å². The third kappa shape index (κ3) is 5.55. The van der Waals surface area contributed by atoms with Crippen molar-refractivity contribution >= 4 is 27.6 Å². The third-order valence-corrected chi connectivity index (χ3v) is 5.29. The molecule has 0 unspecified atom stereocenters. The lowest BCUT2D eigenvalue weighted by molar-refractivity contribution is -0.137. The quantitative estimate of drug-likeness (QED) is 0.721. The minimum Gasteiger partial charge on any atom is -0.481 e. The van der Waals surface area contributed by atoms with Crippen molar-refractivity contribution < 1.29 is 23.1 Å². The van der Waals surface area contributed by atoms with Gasteiger partial charge >= 0.3 is 5.97 Å². The van der Waals surface area contributed by atoms with E-state index >= 15 is 0 Å². The molecule has 27 heavy (non-hydrogen) atoms. The largest absolute Gasteiger partial charge is 0.481 e. The van der Waals surface area contributed by atoms with Crippen LogP contribution >= 0.6 is 0 Å². The van der Waals surface area contributed by atoms with Crippen LogP contribution in [0.2, 0.25) is 0 Å². The van der Waals surface area contributed by atoms with E-state index in [9.17, 15) is 18.0 Å². The maximum absolute atomic E-state index is 12.6.